The average molecular weight is 221 g/mol. The summed E-state index contributed by atoms with van der Waals surface area (Å²) in [6, 6.07) is 0.0249. The first-order valence-electron chi connectivity index (χ1n) is 6.40. The number of amides is 2. The van der Waals surface area contributed by atoms with Crippen LogP contribution in [-0.4, -0.2) is 29.4 Å². The quantitative estimate of drug-likeness (QED) is 0.789. The number of hydrogen-bond donors (Lipinski definition) is 1. The molecule has 0 spiro atoms. The van der Waals surface area contributed by atoms with Gasteiger partial charge in [0.05, 0.1) is 6.04 Å². The zero-order valence-corrected chi connectivity index (χ0v) is 9.56. The van der Waals surface area contributed by atoms with Crippen LogP contribution in [0.5, 0.6) is 0 Å². The highest BCUT2D eigenvalue weighted by Gasteiger charge is 2.41. The third-order valence-corrected chi connectivity index (χ3v) is 4.11. The van der Waals surface area contributed by atoms with Crippen molar-refractivity contribution >= 4 is 11.9 Å². The molecule has 1 heterocycles. The van der Waals surface area contributed by atoms with E-state index in [-0.39, 0.29) is 12.1 Å². The molecule has 0 aromatic carbocycles. The Balaban J connectivity index is 1.75. The number of amidine groups is 1. The van der Waals surface area contributed by atoms with E-state index in [2.05, 4.69) is 4.99 Å². The second-order valence-electron chi connectivity index (χ2n) is 5.40. The van der Waals surface area contributed by atoms with E-state index in [0.717, 1.165) is 6.54 Å². The van der Waals surface area contributed by atoms with Crippen molar-refractivity contribution in [3.63, 3.8) is 0 Å². The summed E-state index contributed by atoms with van der Waals surface area (Å²) in [6.07, 6.45) is 7.49. The molecule has 88 valence electrons. The van der Waals surface area contributed by atoms with E-state index >= 15 is 0 Å². The minimum atomic E-state index is -0.0960. The number of rotatable bonds is 3. The Bertz CT molecular complexity index is 329. The molecular weight excluding hydrogens is 202 g/mol. The van der Waals surface area contributed by atoms with Gasteiger partial charge in [0.1, 0.15) is 5.84 Å². The fourth-order valence-electron chi connectivity index (χ4n) is 3.06. The van der Waals surface area contributed by atoms with Crippen LogP contribution in [0.2, 0.25) is 0 Å². The van der Waals surface area contributed by atoms with Gasteiger partial charge in [-0.1, -0.05) is 12.8 Å². The minimum Gasteiger partial charge on any atom is -0.385 e. The van der Waals surface area contributed by atoms with E-state index in [1.807, 2.05) is 4.90 Å². The molecule has 3 aliphatic rings. The van der Waals surface area contributed by atoms with Crippen LogP contribution in [0, 0.1) is 11.8 Å². The van der Waals surface area contributed by atoms with Crippen molar-refractivity contribution < 1.29 is 4.79 Å². The largest absolute Gasteiger partial charge is 0.385 e. The fraction of sp³-hybridized carbons (Fsp3) is 0.833. The number of carbonyl (C=O) groups is 1. The van der Waals surface area contributed by atoms with Crippen LogP contribution >= 0.6 is 0 Å². The van der Waals surface area contributed by atoms with Crippen LogP contribution in [0.1, 0.15) is 38.5 Å². The summed E-state index contributed by atoms with van der Waals surface area (Å²) in [5, 5.41) is 0. The highest BCUT2D eigenvalue weighted by molar-refractivity contribution is 6.03. The second-order valence-corrected chi connectivity index (χ2v) is 5.40. The zero-order chi connectivity index (χ0) is 11.1. The standard InChI is InChI=1S/C12H19N3O/c13-11-10(9-3-1-2-4-9)15(12(16)14-11)7-8-5-6-8/h8-10H,1-7H2,(H2,13,14,16). The van der Waals surface area contributed by atoms with Crippen molar-refractivity contribution in [2.45, 2.75) is 44.6 Å². The van der Waals surface area contributed by atoms with E-state index in [1.54, 1.807) is 0 Å². The van der Waals surface area contributed by atoms with Gasteiger partial charge in [-0.2, -0.15) is 4.99 Å². The molecule has 0 aromatic heterocycles. The molecule has 2 fully saturated rings. The molecule has 4 heteroatoms. The number of hydrogen-bond acceptors (Lipinski definition) is 2. The van der Waals surface area contributed by atoms with Crippen molar-refractivity contribution in [1.29, 1.82) is 0 Å². The summed E-state index contributed by atoms with van der Waals surface area (Å²) in [7, 11) is 0. The van der Waals surface area contributed by atoms with Crippen molar-refractivity contribution in [2.75, 3.05) is 6.54 Å². The van der Waals surface area contributed by atoms with Gasteiger partial charge in [0, 0.05) is 6.54 Å². The first-order chi connectivity index (χ1) is 7.75. The van der Waals surface area contributed by atoms with E-state index in [1.165, 1.54) is 38.5 Å². The van der Waals surface area contributed by atoms with Crippen LogP contribution in [0.25, 0.3) is 0 Å². The number of carbonyl (C=O) groups excluding carboxylic acids is 1. The van der Waals surface area contributed by atoms with Gasteiger partial charge in [-0.25, -0.2) is 4.79 Å². The summed E-state index contributed by atoms with van der Waals surface area (Å²) in [5.74, 6) is 1.85. The maximum absolute atomic E-state index is 11.8. The van der Waals surface area contributed by atoms with Crippen LogP contribution in [-0.2, 0) is 0 Å². The van der Waals surface area contributed by atoms with Crippen molar-refractivity contribution in [2.24, 2.45) is 22.6 Å². The molecule has 2 aliphatic carbocycles. The third-order valence-electron chi connectivity index (χ3n) is 4.11. The van der Waals surface area contributed by atoms with Crippen LogP contribution in [0.3, 0.4) is 0 Å². The molecule has 0 bridgehead atoms. The molecule has 0 radical (unpaired) electrons. The molecule has 4 nitrogen and oxygen atoms in total. The fourth-order valence-corrected chi connectivity index (χ4v) is 3.06. The van der Waals surface area contributed by atoms with Crippen molar-refractivity contribution in [3.8, 4) is 0 Å². The molecule has 1 atom stereocenters. The Morgan fingerprint density at radius 1 is 1.25 bits per heavy atom. The van der Waals surface area contributed by atoms with Crippen LogP contribution in [0.15, 0.2) is 4.99 Å². The summed E-state index contributed by atoms with van der Waals surface area (Å²) >= 11 is 0. The minimum absolute atomic E-state index is 0.0960. The normalized spacial score (nSPS) is 31.2. The summed E-state index contributed by atoms with van der Waals surface area (Å²) in [6.45, 7) is 0.879. The predicted molar refractivity (Wildman–Crippen MR) is 62.2 cm³/mol. The molecule has 2 amide bonds. The van der Waals surface area contributed by atoms with Crippen LogP contribution in [0.4, 0.5) is 4.79 Å². The summed E-state index contributed by atoms with van der Waals surface area (Å²) in [5.41, 5.74) is 5.92. The molecule has 0 aromatic rings. The van der Waals surface area contributed by atoms with Gasteiger partial charge < -0.3 is 10.6 Å². The lowest BCUT2D eigenvalue weighted by atomic mass is 9.96. The lowest BCUT2D eigenvalue weighted by molar-refractivity contribution is 0.187. The second kappa shape index (κ2) is 3.75. The lowest BCUT2D eigenvalue weighted by Gasteiger charge is -2.28. The first-order valence-corrected chi connectivity index (χ1v) is 6.40. The Labute approximate surface area is 95.9 Å². The van der Waals surface area contributed by atoms with E-state index in [4.69, 9.17) is 5.73 Å². The maximum atomic E-state index is 11.8. The molecule has 3 rings (SSSR count). The van der Waals surface area contributed by atoms with Gasteiger partial charge in [0.25, 0.3) is 0 Å². The Kier molecular flexibility index (Phi) is 2.37. The van der Waals surface area contributed by atoms with Gasteiger partial charge in [-0.05, 0) is 37.5 Å². The monoisotopic (exact) mass is 221 g/mol. The topological polar surface area (TPSA) is 58.7 Å². The number of nitrogens with zero attached hydrogens (tertiary/aromatic N) is 2. The molecule has 2 saturated carbocycles. The van der Waals surface area contributed by atoms with Gasteiger partial charge >= 0.3 is 6.03 Å². The Morgan fingerprint density at radius 2 is 1.94 bits per heavy atom. The Morgan fingerprint density at radius 3 is 2.56 bits per heavy atom. The summed E-state index contributed by atoms with van der Waals surface area (Å²) < 4.78 is 0. The average Bonchev–Trinajstić information content (AvgIpc) is 2.81. The van der Waals surface area contributed by atoms with Crippen molar-refractivity contribution in [1.82, 2.24) is 4.90 Å². The molecule has 16 heavy (non-hydrogen) atoms. The van der Waals surface area contributed by atoms with Crippen LogP contribution < -0.4 is 5.73 Å². The highest BCUT2D eigenvalue weighted by Crippen LogP contribution is 2.36. The number of urea groups is 1. The highest BCUT2D eigenvalue weighted by atomic mass is 16.2. The lowest BCUT2D eigenvalue weighted by Crippen LogP contribution is -2.45. The van der Waals surface area contributed by atoms with Gasteiger partial charge in [-0.15, -0.1) is 0 Å². The summed E-state index contributed by atoms with van der Waals surface area (Å²) in [4.78, 5) is 17.7. The molecule has 0 saturated heterocycles. The maximum Gasteiger partial charge on any atom is 0.345 e. The van der Waals surface area contributed by atoms with E-state index in [9.17, 15) is 4.79 Å². The first kappa shape index (κ1) is 10.1. The smallest absolute Gasteiger partial charge is 0.345 e. The van der Waals surface area contributed by atoms with E-state index < -0.39 is 0 Å². The Hall–Kier alpha value is -1.06. The molecule has 2 N–H and O–H groups in total. The molecule has 1 unspecified atom stereocenters. The van der Waals surface area contributed by atoms with Gasteiger partial charge in [0.2, 0.25) is 0 Å². The van der Waals surface area contributed by atoms with Gasteiger partial charge in [-0.3, -0.25) is 0 Å². The third kappa shape index (κ3) is 1.70. The predicted octanol–water partition coefficient (Wildman–Crippen LogP) is 1.75. The van der Waals surface area contributed by atoms with E-state index in [0.29, 0.717) is 17.7 Å². The molecular formula is C12H19N3O. The number of aliphatic imine (C=N–C) groups is 1. The van der Waals surface area contributed by atoms with Crippen molar-refractivity contribution in [3.05, 3.63) is 0 Å². The zero-order valence-electron chi connectivity index (χ0n) is 9.56. The van der Waals surface area contributed by atoms with Gasteiger partial charge in [0.15, 0.2) is 0 Å². The molecule has 1 aliphatic heterocycles. The number of nitrogens with two attached hydrogens (primary N) is 1. The SMILES string of the molecule is NC1=NC(=O)N(CC2CC2)C1C1CCCC1.